The van der Waals surface area contributed by atoms with Crippen molar-refractivity contribution in [2.45, 2.75) is 26.5 Å². The lowest BCUT2D eigenvalue weighted by Gasteiger charge is -2.20. The van der Waals surface area contributed by atoms with Gasteiger partial charge in [0.25, 0.3) is 5.91 Å². The van der Waals surface area contributed by atoms with E-state index in [0.29, 0.717) is 17.1 Å². The van der Waals surface area contributed by atoms with E-state index >= 15 is 0 Å². The first-order chi connectivity index (χ1) is 13.1. The number of nitriles is 1. The Morgan fingerprint density at radius 3 is 2.74 bits per heavy atom. The van der Waals surface area contributed by atoms with Crippen molar-refractivity contribution in [3.8, 4) is 11.8 Å². The highest BCUT2D eigenvalue weighted by Gasteiger charge is 2.21. The second-order valence-electron chi connectivity index (χ2n) is 6.37. The lowest BCUT2D eigenvalue weighted by molar-refractivity contribution is 0.0894. The first-order valence-corrected chi connectivity index (χ1v) is 9.51. The number of ether oxygens (including phenoxy) is 1. The average Bonchev–Trinajstić information content (AvgIpc) is 3.36. The van der Waals surface area contributed by atoms with Gasteiger partial charge < -0.3 is 14.5 Å². The number of hydrogen-bond acceptors (Lipinski definition) is 5. The number of nitrogens with one attached hydrogen (secondary N) is 1. The van der Waals surface area contributed by atoms with Gasteiger partial charge in [-0.3, -0.25) is 4.79 Å². The van der Waals surface area contributed by atoms with Crippen LogP contribution in [0.5, 0.6) is 5.75 Å². The molecular weight excluding hydrogens is 360 g/mol. The number of rotatable bonds is 7. The van der Waals surface area contributed by atoms with Gasteiger partial charge in [0.2, 0.25) is 0 Å². The van der Waals surface area contributed by atoms with Crippen LogP contribution in [0, 0.1) is 17.2 Å². The smallest absolute Gasteiger partial charge is 0.287 e. The van der Waals surface area contributed by atoms with Crippen molar-refractivity contribution in [1.29, 1.82) is 5.26 Å². The Labute approximate surface area is 162 Å². The molecule has 2 aromatic heterocycles. The van der Waals surface area contributed by atoms with Crippen LogP contribution in [0.1, 0.15) is 46.6 Å². The Hall–Kier alpha value is -3.04. The third-order valence-corrected chi connectivity index (χ3v) is 5.02. The van der Waals surface area contributed by atoms with Gasteiger partial charge in [-0.2, -0.15) is 5.26 Å². The predicted molar refractivity (Wildman–Crippen MR) is 104 cm³/mol. The van der Waals surface area contributed by atoms with Gasteiger partial charge in [-0.1, -0.05) is 32.0 Å². The highest BCUT2D eigenvalue weighted by molar-refractivity contribution is 7.10. The number of thiophene rings is 1. The number of amides is 1. The van der Waals surface area contributed by atoms with Gasteiger partial charge in [0.05, 0.1) is 11.6 Å². The molecule has 1 atom stereocenters. The molecule has 138 valence electrons. The van der Waals surface area contributed by atoms with Gasteiger partial charge in [-0.05, 0) is 41.6 Å². The van der Waals surface area contributed by atoms with Crippen molar-refractivity contribution in [3.05, 3.63) is 75.9 Å². The Morgan fingerprint density at radius 1 is 1.22 bits per heavy atom. The van der Waals surface area contributed by atoms with Crippen molar-refractivity contribution in [2.75, 3.05) is 0 Å². The summed E-state index contributed by atoms with van der Waals surface area (Å²) in [6, 6.07) is 16.3. The fourth-order valence-electron chi connectivity index (χ4n) is 2.66. The minimum atomic E-state index is -0.259. The van der Waals surface area contributed by atoms with E-state index in [4.69, 9.17) is 14.4 Å². The number of carbonyl (C=O) groups excluding carboxylic acids is 1. The summed E-state index contributed by atoms with van der Waals surface area (Å²) in [7, 11) is 0. The second-order valence-corrected chi connectivity index (χ2v) is 7.35. The Balaban J connectivity index is 1.64. The standard InChI is InChI=1S/C21H20N2O3S/c1-14(2)20(19-8-5-11-27-19)23-21(24)18-10-9-16(26-18)13-25-17-7-4-3-6-15(17)12-22/h3-11,14,20H,13H2,1-2H3,(H,23,24). The number of para-hydroxylation sites is 1. The van der Waals surface area contributed by atoms with E-state index in [1.54, 1.807) is 47.7 Å². The average molecular weight is 380 g/mol. The molecule has 6 heteroatoms. The van der Waals surface area contributed by atoms with Gasteiger partial charge in [0.15, 0.2) is 5.76 Å². The van der Waals surface area contributed by atoms with E-state index in [0.717, 1.165) is 4.88 Å². The number of nitrogens with zero attached hydrogens (tertiary/aromatic N) is 1. The third-order valence-electron chi connectivity index (χ3n) is 4.07. The number of benzene rings is 1. The number of hydrogen-bond donors (Lipinski definition) is 1. The normalized spacial score (nSPS) is 11.8. The quantitative estimate of drug-likeness (QED) is 0.631. The highest BCUT2D eigenvalue weighted by atomic mass is 32.1. The summed E-state index contributed by atoms with van der Waals surface area (Å²) >= 11 is 1.62. The Kier molecular flexibility index (Phi) is 5.94. The van der Waals surface area contributed by atoms with E-state index in [1.165, 1.54) is 0 Å². The van der Waals surface area contributed by atoms with Crippen LogP contribution in [-0.2, 0) is 6.61 Å². The van der Waals surface area contributed by atoms with Gasteiger partial charge in [0.1, 0.15) is 24.2 Å². The van der Waals surface area contributed by atoms with Crippen LogP contribution in [0.15, 0.2) is 58.3 Å². The minimum Gasteiger partial charge on any atom is -0.484 e. The summed E-state index contributed by atoms with van der Waals surface area (Å²) in [6.45, 7) is 4.28. The van der Waals surface area contributed by atoms with Crippen molar-refractivity contribution in [2.24, 2.45) is 5.92 Å². The third kappa shape index (κ3) is 4.57. The maximum absolute atomic E-state index is 12.6. The summed E-state index contributed by atoms with van der Waals surface area (Å²) in [4.78, 5) is 13.7. The predicted octanol–water partition coefficient (Wildman–Crippen LogP) is 4.92. The van der Waals surface area contributed by atoms with Crippen LogP contribution in [-0.4, -0.2) is 5.91 Å². The molecule has 0 fully saturated rings. The topological polar surface area (TPSA) is 75.3 Å². The van der Waals surface area contributed by atoms with Gasteiger partial charge in [-0.15, -0.1) is 11.3 Å². The molecule has 0 bridgehead atoms. The van der Waals surface area contributed by atoms with Crippen molar-refractivity contribution in [1.82, 2.24) is 5.32 Å². The summed E-state index contributed by atoms with van der Waals surface area (Å²) in [5, 5.41) is 14.1. The molecule has 1 amide bonds. The molecule has 0 saturated heterocycles. The number of furan rings is 1. The summed E-state index contributed by atoms with van der Waals surface area (Å²) in [5.74, 6) is 1.24. The monoisotopic (exact) mass is 380 g/mol. The van der Waals surface area contributed by atoms with Crippen LogP contribution in [0.4, 0.5) is 0 Å². The molecule has 3 aromatic rings. The molecule has 0 aliphatic rings. The summed E-state index contributed by atoms with van der Waals surface area (Å²) in [6.07, 6.45) is 0. The zero-order valence-electron chi connectivity index (χ0n) is 15.1. The van der Waals surface area contributed by atoms with Crippen LogP contribution < -0.4 is 10.1 Å². The lowest BCUT2D eigenvalue weighted by atomic mass is 10.0. The molecule has 0 radical (unpaired) electrons. The fraction of sp³-hybridized carbons (Fsp3) is 0.238. The largest absolute Gasteiger partial charge is 0.484 e. The maximum atomic E-state index is 12.6. The van der Waals surface area contributed by atoms with E-state index < -0.39 is 0 Å². The molecule has 0 aliphatic carbocycles. The van der Waals surface area contributed by atoms with Crippen LogP contribution >= 0.6 is 11.3 Å². The van der Waals surface area contributed by atoms with Gasteiger partial charge >= 0.3 is 0 Å². The molecule has 1 aromatic carbocycles. The number of carbonyl (C=O) groups is 1. The van der Waals surface area contributed by atoms with Crippen LogP contribution in [0.25, 0.3) is 0 Å². The van der Waals surface area contributed by atoms with Gasteiger partial charge in [-0.25, -0.2) is 0 Å². The molecule has 2 heterocycles. The first kappa shape index (κ1) is 18.7. The summed E-state index contributed by atoms with van der Waals surface area (Å²) < 4.78 is 11.3. The zero-order chi connectivity index (χ0) is 19.2. The molecule has 1 N–H and O–H groups in total. The molecule has 1 unspecified atom stereocenters. The molecular formula is C21H20N2O3S. The van der Waals surface area contributed by atoms with Crippen LogP contribution in [0.2, 0.25) is 0 Å². The van der Waals surface area contributed by atoms with E-state index in [-0.39, 0.29) is 30.2 Å². The molecule has 5 nitrogen and oxygen atoms in total. The molecule has 0 aliphatic heterocycles. The van der Waals surface area contributed by atoms with E-state index in [2.05, 4.69) is 25.2 Å². The highest BCUT2D eigenvalue weighted by Crippen LogP contribution is 2.26. The van der Waals surface area contributed by atoms with Gasteiger partial charge in [0, 0.05) is 4.88 Å². The van der Waals surface area contributed by atoms with Crippen molar-refractivity contribution < 1.29 is 13.9 Å². The molecule has 27 heavy (non-hydrogen) atoms. The van der Waals surface area contributed by atoms with Crippen LogP contribution in [0.3, 0.4) is 0 Å². The molecule has 0 spiro atoms. The van der Waals surface area contributed by atoms with Crippen molar-refractivity contribution in [3.63, 3.8) is 0 Å². The Morgan fingerprint density at radius 2 is 2.04 bits per heavy atom. The summed E-state index contributed by atoms with van der Waals surface area (Å²) in [5.41, 5.74) is 0.456. The molecule has 3 rings (SSSR count). The molecule has 0 saturated carbocycles. The lowest BCUT2D eigenvalue weighted by Crippen LogP contribution is -2.30. The zero-order valence-corrected chi connectivity index (χ0v) is 16.0. The maximum Gasteiger partial charge on any atom is 0.287 e. The fourth-order valence-corrected chi connectivity index (χ4v) is 3.61. The van der Waals surface area contributed by atoms with E-state index in [1.807, 2.05) is 17.5 Å². The van der Waals surface area contributed by atoms with E-state index in [9.17, 15) is 4.79 Å². The minimum absolute atomic E-state index is 0.0650. The first-order valence-electron chi connectivity index (χ1n) is 8.63. The Bertz CT molecular complexity index is 938. The second kappa shape index (κ2) is 8.56. The van der Waals surface area contributed by atoms with Crippen molar-refractivity contribution >= 4 is 17.2 Å². The SMILES string of the molecule is CC(C)C(NC(=O)c1ccc(COc2ccccc2C#N)o1)c1cccs1.